The summed E-state index contributed by atoms with van der Waals surface area (Å²) >= 11 is 0. The first-order valence-electron chi connectivity index (χ1n) is 7.61. The normalized spacial score (nSPS) is 20.2. The zero-order valence-corrected chi connectivity index (χ0v) is 13.6. The van der Waals surface area contributed by atoms with E-state index in [9.17, 15) is 4.79 Å². The van der Waals surface area contributed by atoms with Crippen LogP contribution in [0.25, 0.3) is 0 Å². The number of ether oxygens (including phenoxy) is 3. The van der Waals surface area contributed by atoms with E-state index in [0.29, 0.717) is 17.3 Å². The second kappa shape index (κ2) is 6.72. The number of ketones is 1. The Balaban J connectivity index is 1.86. The van der Waals surface area contributed by atoms with Crippen LogP contribution in [0.1, 0.15) is 6.92 Å². The Labute approximate surface area is 141 Å². The van der Waals surface area contributed by atoms with Crippen LogP contribution < -0.4 is 9.47 Å². The summed E-state index contributed by atoms with van der Waals surface area (Å²) in [4.78, 5) is 12.4. The van der Waals surface area contributed by atoms with Crippen molar-refractivity contribution in [2.75, 3.05) is 7.11 Å². The lowest BCUT2D eigenvalue weighted by atomic mass is 9.95. The van der Waals surface area contributed by atoms with E-state index in [0.717, 1.165) is 0 Å². The molecule has 1 aliphatic rings. The summed E-state index contributed by atoms with van der Waals surface area (Å²) in [7, 11) is 1.56. The van der Waals surface area contributed by atoms with E-state index in [-0.39, 0.29) is 11.5 Å². The molecule has 0 spiro atoms. The van der Waals surface area contributed by atoms with Crippen LogP contribution >= 0.6 is 0 Å². The van der Waals surface area contributed by atoms with Gasteiger partial charge in [0.25, 0.3) is 0 Å². The van der Waals surface area contributed by atoms with E-state index in [1.165, 1.54) is 6.08 Å². The van der Waals surface area contributed by atoms with Crippen LogP contribution in [0.2, 0.25) is 0 Å². The van der Waals surface area contributed by atoms with Gasteiger partial charge >= 0.3 is 0 Å². The maximum atomic E-state index is 12.4. The number of methoxy groups -OCH3 is 1. The van der Waals surface area contributed by atoms with Crippen molar-refractivity contribution in [3.05, 3.63) is 84.3 Å². The predicted octanol–water partition coefficient (Wildman–Crippen LogP) is 3.90. The maximum absolute atomic E-state index is 12.4. The Bertz CT molecular complexity index is 778. The molecule has 24 heavy (non-hydrogen) atoms. The summed E-state index contributed by atoms with van der Waals surface area (Å²) in [5.74, 6) is 1.60. The van der Waals surface area contributed by atoms with Gasteiger partial charge in [0.05, 0.1) is 0 Å². The van der Waals surface area contributed by atoms with Crippen molar-refractivity contribution in [1.29, 1.82) is 0 Å². The fourth-order valence-corrected chi connectivity index (χ4v) is 2.33. The number of hydrogen-bond acceptors (Lipinski definition) is 4. The summed E-state index contributed by atoms with van der Waals surface area (Å²) in [5.41, 5.74) is -0.895. The average molecular weight is 322 g/mol. The van der Waals surface area contributed by atoms with Gasteiger partial charge in [-0.1, -0.05) is 36.4 Å². The minimum absolute atomic E-state index is 0.214. The molecule has 0 N–H and O–H groups in total. The van der Waals surface area contributed by atoms with Crippen molar-refractivity contribution in [3.8, 4) is 11.5 Å². The Morgan fingerprint density at radius 2 is 1.38 bits per heavy atom. The van der Waals surface area contributed by atoms with E-state index >= 15 is 0 Å². The molecule has 0 radical (unpaired) electrons. The highest BCUT2D eigenvalue weighted by molar-refractivity contribution is 6.04. The van der Waals surface area contributed by atoms with Gasteiger partial charge in [-0.3, -0.25) is 4.79 Å². The molecule has 4 heteroatoms. The molecule has 4 nitrogen and oxygen atoms in total. The topological polar surface area (TPSA) is 44.8 Å². The van der Waals surface area contributed by atoms with Crippen LogP contribution in [0.5, 0.6) is 11.5 Å². The molecule has 1 aliphatic carbocycles. The zero-order chi connectivity index (χ0) is 17.0. The Hall–Kier alpha value is -2.85. The standard InChI is InChI=1S/C20H18O4/c1-20(22-2)14-18(23-15-9-5-3-6-10-15)17(21)13-19(20)24-16-11-7-4-8-12-16/h3-14H,1-2H3. The molecule has 0 fully saturated rings. The lowest BCUT2D eigenvalue weighted by Crippen LogP contribution is -2.35. The van der Waals surface area contributed by atoms with Gasteiger partial charge in [-0.15, -0.1) is 0 Å². The fraction of sp³-hybridized carbons (Fsp3) is 0.150. The van der Waals surface area contributed by atoms with E-state index < -0.39 is 5.60 Å². The minimum atomic E-state index is -0.895. The number of hydrogen-bond donors (Lipinski definition) is 0. The highest BCUT2D eigenvalue weighted by Crippen LogP contribution is 2.31. The quantitative estimate of drug-likeness (QED) is 0.837. The lowest BCUT2D eigenvalue weighted by Gasteiger charge is -2.30. The molecule has 122 valence electrons. The third kappa shape index (κ3) is 3.39. The van der Waals surface area contributed by atoms with E-state index in [2.05, 4.69) is 0 Å². The molecule has 2 aromatic rings. The van der Waals surface area contributed by atoms with Crippen LogP contribution in [-0.4, -0.2) is 18.5 Å². The van der Waals surface area contributed by atoms with Crippen LogP contribution in [0.15, 0.2) is 84.3 Å². The molecule has 1 atom stereocenters. The zero-order valence-electron chi connectivity index (χ0n) is 13.6. The monoisotopic (exact) mass is 322 g/mol. The molecule has 0 aromatic heterocycles. The van der Waals surface area contributed by atoms with Crippen LogP contribution in [0, 0.1) is 0 Å². The van der Waals surface area contributed by atoms with Crippen LogP contribution in [0.4, 0.5) is 0 Å². The molecule has 0 amide bonds. The van der Waals surface area contributed by atoms with E-state index in [1.54, 1.807) is 25.3 Å². The second-order valence-corrected chi connectivity index (χ2v) is 5.52. The van der Waals surface area contributed by atoms with Crippen LogP contribution in [0.3, 0.4) is 0 Å². The van der Waals surface area contributed by atoms with Gasteiger partial charge < -0.3 is 14.2 Å². The fourth-order valence-electron chi connectivity index (χ4n) is 2.33. The Morgan fingerprint density at radius 1 is 0.833 bits per heavy atom. The van der Waals surface area contributed by atoms with Gasteiger partial charge in [0.15, 0.2) is 5.76 Å². The second-order valence-electron chi connectivity index (χ2n) is 5.52. The van der Waals surface area contributed by atoms with Gasteiger partial charge in [-0.2, -0.15) is 0 Å². The number of allylic oxidation sites excluding steroid dienone is 1. The molecule has 3 rings (SSSR count). The highest BCUT2D eigenvalue weighted by Gasteiger charge is 2.36. The third-order valence-corrected chi connectivity index (χ3v) is 3.77. The molecular weight excluding hydrogens is 304 g/mol. The summed E-state index contributed by atoms with van der Waals surface area (Å²) < 4.78 is 17.1. The molecule has 1 unspecified atom stereocenters. The van der Waals surface area contributed by atoms with Crippen molar-refractivity contribution in [2.45, 2.75) is 12.5 Å². The molecule has 0 saturated heterocycles. The lowest BCUT2D eigenvalue weighted by molar-refractivity contribution is -0.114. The van der Waals surface area contributed by atoms with E-state index in [1.807, 2.05) is 55.5 Å². The SMILES string of the molecule is COC1(C)C=C(Oc2ccccc2)C(=O)C=C1Oc1ccccc1. The van der Waals surface area contributed by atoms with Gasteiger partial charge in [-0.05, 0) is 31.2 Å². The summed E-state index contributed by atoms with van der Waals surface area (Å²) in [6.07, 6.45) is 3.05. The number of carbonyl (C=O) groups is 1. The highest BCUT2D eigenvalue weighted by atomic mass is 16.5. The molecular formula is C20H18O4. The van der Waals surface area contributed by atoms with Gasteiger partial charge in [0.1, 0.15) is 22.9 Å². The molecule has 0 aliphatic heterocycles. The van der Waals surface area contributed by atoms with Gasteiger partial charge in [-0.25, -0.2) is 0 Å². The van der Waals surface area contributed by atoms with Gasteiger partial charge in [0.2, 0.25) is 5.78 Å². The number of rotatable bonds is 5. The number of para-hydroxylation sites is 2. The smallest absolute Gasteiger partial charge is 0.224 e. The summed E-state index contributed by atoms with van der Waals surface area (Å²) in [5, 5.41) is 0. The van der Waals surface area contributed by atoms with E-state index in [4.69, 9.17) is 14.2 Å². The average Bonchev–Trinajstić information content (AvgIpc) is 2.61. The first kappa shape index (κ1) is 16.0. The van der Waals surface area contributed by atoms with Crippen molar-refractivity contribution >= 4 is 5.78 Å². The Kier molecular flexibility index (Phi) is 4.49. The summed E-state index contributed by atoms with van der Waals surface area (Å²) in [6, 6.07) is 18.4. The Morgan fingerprint density at radius 3 is 1.92 bits per heavy atom. The predicted molar refractivity (Wildman–Crippen MR) is 90.7 cm³/mol. The third-order valence-electron chi connectivity index (χ3n) is 3.77. The molecule has 0 saturated carbocycles. The van der Waals surface area contributed by atoms with Crippen LogP contribution in [-0.2, 0) is 9.53 Å². The van der Waals surface area contributed by atoms with Crippen molar-refractivity contribution in [3.63, 3.8) is 0 Å². The number of carbonyl (C=O) groups excluding carboxylic acids is 1. The minimum Gasteiger partial charge on any atom is -0.458 e. The first-order chi connectivity index (χ1) is 11.6. The van der Waals surface area contributed by atoms with Crippen molar-refractivity contribution < 1.29 is 19.0 Å². The first-order valence-corrected chi connectivity index (χ1v) is 7.61. The van der Waals surface area contributed by atoms with Crippen molar-refractivity contribution in [2.24, 2.45) is 0 Å². The molecule has 0 heterocycles. The van der Waals surface area contributed by atoms with Crippen molar-refractivity contribution in [1.82, 2.24) is 0 Å². The maximum Gasteiger partial charge on any atom is 0.224 e. The number of benzene rings is 2. The van der Waals surface area contributed by atoms with Gasteiger partial charge in [0, 0.05) is 19.3 Å². The molecule has 0 bridgehead atoms. The largest absolute Gasteiger partial charge is 0.458 e. The summed E-state index contributed by atoms with van der Waals surface area (Å²) in [6.45, 7) is 1.82. The molecule has 2 aromatic carbocycles.